The number of aliphatic hydroxyl groups is 1. The van der Waals surface area contributed by atoms with E-state index in [2.05, 4.69) is 11.3 Å². The summed E-state index contributed by atoms with van der Waals surface area (Å²) in [6.45, 7) is 23.2. The Balaban J connectivity index is 3.09. The molecular weight excluding hydrogens is 977 g/mol. The molecule has 0 rings (SSSR count). The van der Waals surface area contributed by atoms with Gasteiger partial charge in [0.15, 0.2) is 5.76 Å². The minimum atomic E-state index is -0.606. The topological polar surface area (TPSA) is 250 Å². The van der Waals surface area contributed by atoms with Crippen molar-refractivity contribution in [3.8, 4) is 0 Å². The number of carbonyl (C=O) groups excluding carboxylic acids is 1. The molecule has 0 aliphatic carbocycles. The van der Waals surface area contributed by atoms with E-state index in [1.807, 2.05) is 0 Å². The Morgan fingerprint density at radius 1 is 0.247 bits per heavy atom. The number of aliphatic hydroxyl groups excluding tert-OH is 1. The molecule has 0 saturated carbocycles. The number of esters is 1. The van der Waals surface area contributed by atoms with E-state index in [-0.39, 0.29) is 25.6 Å². The fourth-order valence-electron chi connectivity index (χ4n) is 4.92. The third-order valence-electron chi connectivity index (χ3n) is 8.61. The maximum atomic E-state index is 11.3. The highest BCUT2D eigenvalue weighted by molar-refractivity contribution is 5.85. The summed E-state index contributed by atoms with van der Waals surface area (Å²) in [7, 11) is 1.35. The maximum absolute atomic E-state index is 11.3. The van der Waals surface area contributed by atoms with E-state index in [1.165, 1.54) is 7.11 Å². The summed E-state index contributed by atoms with van der Waals surface area (Å²) in [6.07, 6.45) is 0. The lowest BCUT2D eigenvalue weighted by molar-refractivity contribution is -0.144. The fourth-order valence-corrected chi connectivity index (χ4v) is 4.92. The first kappa shape index (κ1) is 71.1. The van der Waals surface area contributed by atoms with Crippen molar-refractivity contribution in [2.24, 2.45) is 0 Å². The zero-order valence-corrected chi connectivity index (χ0v) is 44.1. The van der Waals surface area contributed by atoms with E-state index in [1.54, 1.807) is 0 Å². The van der Waals surface area contributed by atoms with Gasteiger partial charge in [-0.05, 0) is 6.58 Å². The van der Waals surface area contributed by atoms with Crippen molar-refractivity contribution in [3.63, 3.8) is 0 Å². The van der Waals surface area contributed by atoms with Crippen molar-refractivity contribution >= 4 is 5.97 Å². The van der Waals surface area contributed by atoms with Crippen molar-refractivity contribution < 1.29 is 119 Å². The molecule has 0 saturated heterocycles. The molecule has 25 nitrogen and oxygen atoms in total. The van der Waals surface area contributed by atoms with Crippen molar-refractivity contribution in [3.05, 3.63) is 12.3 Å². The lowest BCUT2D eigenvalue weighted by atomic mass is 10.6. The Bertz CT molecular complexity index is 1060. The summed E-state index contributed by atoms with van der Waals surface area (Å²) >= 11 is 0. The molecule has 0 unspecified atom stereocenters. The van der Waals surface area contributed by atoms with Crippen LogP contribution in [0.1, 0.15) is 0 Å². The normalized spacial score (nSPS) is 11.5. The zero-order valence-electron chi connectivity index (χ0n) is 44.1. The van der Waals surface area contributed by atoms with Gasteiger partial charge in [0.25, 0.3) is 0 Å². The summed E-state index contributed by atoms with van der Waals surface area (Å²) in [4.78, 5) is 11.3. The number of ether oxygens (including phenoxy) is 23. The SMILES string of the molecule is C=C(OC)C(=O)OCCOCCOCCOCCOCCOCCOCCOCCOCCOCCOCCOCCOCCOCCOCCOCCOCCOCCOCCOCCOCCOCCO. The highest BCUT2D eigenvalue weighted by Gasteiger charge is 2.07. The van der Waals surface area contributed by atoms with Gasteiger partial charge in [-0.2, -0.15) is 0 Å². The Labute approximate surface area is 434 Å². The first-order chi connectivity index (χ1) is 36.2. The summed E-state index contributed by atoms with van der Waals surface area (Å²) in [5, 5.41) is 8.61. The molecule has 1 N–H and O–H groups in total. The van der Waals surface area contributed by atoms with Gasteiger partial charge < -0.3 is 114 Å². The van der Waals surface area contributed by atoms with Crippen LogP contribution in [0.3, 0.4) is 0 Å². The van der Waals surface area contributed by atoms with Crippen LogP contribution in [0.5, 0.6) is 0 Å². The van der Waals surface area contributed by atoms with Gasteiger partial charge in [0.2, 0.25) is 0 Å². The molecule has 0 aromatic carbocycles. The number of methoxy groups -OCH3 is 1. The number of rotatable bonds is 67. The largest absolute Gasteiger partial charge is 0.490 e. The molecule has 0 spiro atoms. The van der Waals surface area contributed by atoms with Crippen LogP contribution in [0.2, 0.25) is 0 Å². The number of hydrogen-bond acceptors (Lipinski definition) is 25. The summed E-state index contributed by atoms with van der Waals surface area (Å²) in [6, 6.07) is 0. The molecule has 0 fully saturated rings. The maximum Gasteiger partial charge on any atom is 0.373 e. The lowest BCUT2D eigenvalue weighted by Gasteiger charge is -2.09. The predicted octanol–water partition coefficient (Wildman–Crippen LogP) is 0.0306. The second kappa shape index (κ2) is 66.2. The van der Waals surface area contributed by atoms with Crippen LogP contribution in [-0.2, 0) is 114 Å². The lowest BCUT2D eigenvalue weighted by Crippen LogP contribution is -2.16. The Hall–Kier alpha value is -1.87. The van der Waals surface area contributed by atoms with Crippen molar-refractivity contribution in [2.75, 3.05) is 298 Å². The quantitative estimate of drug-likeness (QED) is 0.0365. The van der Waals surface area contributed by atoms with Gasteiger partial charge >= 0.3 is 5.97 Å². The standard InChI is InChI=1S/C48H94O25/c1-47(51-2)48(50)73-46-45-72-44-43-71-42-41-70-40-39-69-38-37-68-36-35-67-34-33-66-32-31-65-30-29-64-28-27-63-26-25-62-24-23-61-22-21-60-20-19-59-18-17-58-16-15-57-14-13-56-12-11-55-10-9-54-8-7-53-6-5-52-4-3-49/h49H,1,3-46H2,2H3. The summed E-state index contributed by atoms with van der Waals surface area (Å²) in [5.41, 5.74) is 0. The molecule has 436 valence electrons. The van der Waals surface area contributed by atoms with Gasteiger partial charge in [-0.25, -0.2) is 4.79 Å². The molecule has 0 aliphatic heterocycles. The molecule has 0 heterocycles. The third-order valence-corrected chi connectivity index (χ3v) is 8.61. The molecule has 0 radical (unpaired) electrons. The van der Waals surface area contributed by atoms with E-state index in [4.69, 9.17) is 109 Å². The van der Waals surface area contributed by atoms with E-state index in [0.717, 1.165) is 0 Å². The minimum Gasteiger partial charge on any atom is -0.490 e. The van der Waals surface area contributed by atoms with Gasteiger partial charge in [-0.1, -0.05) is 0 Å². The highest BCUT2D eigenvalue weighted by Crippen LogP contribution is 1.95. The average molecular weight is 1070 g/mol. The molecule has 73 heavy (non-hydrogen) atoms. The van der Waals surface area contributed by atoms with Gasteiger partial charge in [0.1, 0.15) is 6.61 Å². The highest BCUT2D eigenvalue weighted by atomic mass is 16.6. The Morgan fingerprint density at radius 2 is 0.370 bits per heavy atom. The molecule has 0 aliphatic rings. The first-order valence-electron chi connectivity index (χ1n) is 25.4. The van der Waals surface area contributed by atoms with E-state index < -0.39 is 5.97 Å². The van der Waals surface area contributed by atoms with Crippen LogP contribution in [0.4, 0.5) is 0 Å². The van der Waals surface area contributed by atoms with Crippen molar-refractivity contribution in [1.29, 1.82) is 0 Å². The zero-order chi connectivity index (χ0) is 52.5. The second-order valence-corrected chi connectivity index (χ2v) is 14.3. The molecule has 0 bridgehead atoms. The van der Waals surface area contributed by atoms with Crippen LogP contribution in [0.25, 0.3) is 0 Å². The summed E-state index contributed by atoms with van der Waals surface area (Å²) < 4.78 is 124. The molecule has 25 heteroatoms. The number of hydrogen-bond donors (Lipinski definition) is 1. The van der Waals surface area contributed by atoms with Crippen LogP contribution in [-0.4, -0.2) is 309 Å². The smallest absolute Gasteiger partial charge is 0.373 e. The van der Waals surface area contributed by atoms with E-state index in [0.29, 0.717) is 271 Å². The Morgan fingerprint density at radius 3 is 0.493 bits per heavy atom. The third kappa shape index (κ3) is 64.3. The molecular formula is C48H94O25. The fraction of sp³-hybridized carbons (Fsp3) is 0.938. The first-order valence-corrected chi connectivity index (χ1v) is 25.4. The monoisotopic (exact) mass is 1070 g/mol. The van der Waals surface area contributed by atoms with Gasteiger partial charge in [0, 0.05) is 0 Å². The van der Waals surface area contributed by atoms with Crippen molar-refractivity contribution in [2.45, 2.75) is 0 Å². The predicted molar refractivity (Wildman–Crippen MR) is 261 cm³/mol. The second-order valence-electron chi connectivity index (χ2n) is 14.3. The summed E-state index contributed by atoms with van der Waals surface area (Å²) in [5.74, 6) is -0.654. The van der Waals surface area contributed by atoms with Crippen LogP contribution in [0.15, 0.2) is 12.3 Å². The van der Waals surface area contributed by atoms with E-state index in [9.17, 15) is 4.79 Å². The van der Waals surface area contributed by atoms with Crippen LogP contribution >= 0.6 is 0 Å². The minimum absolute atomic E-state index is 0.0172. The molecule has 0 amide bonds. The molecule has 0 atom stereocenters. The van der Waals surface area contributed by atoms with Crippen molar-refractivity contribution in [1.82, 2.24) is 0 Å². The number of carbonyl (C=O) groups is 1. The van der Waals surface area contributed by atoms with E-state index >= 15 is 0 Å². The molecule has 0 aromatic heterocycles. The van der Waals surface area contributed by atoms with Gasteiger partial charge in [0.05, 0.1) is 291 Å². The van der Waals surface area contributed by atoms with Gasteiger partial charge in [-0.15, -0.1) is 0 Å². The van der Waals surface area contributed by atoms with Crippen LogP contribution < -0.4 is 0 Å². The van der Waals surface area contributed by atoms with Gasteiger partial charge in [-0.3, -0.25) is 0 Å². The van der Waals surface area contributed by atoms with Crippen LogP contribution in [0, 0.1) is 0 Å². The Kier molecular flexibility index (Phi) is 64.5. The molecule has 0 aromatic rings. The average Bonchev–Trinajstić information content (AvgIpc) is 3.40.